The Hall–Kier alpha value is -3.26. The molecule has 0 spiro atoms. The highest BCUT2D eigenvalue weighted by molar-refractivity contribution is 5.89. The van der Waals surface area contributed by atoms with Crippen molar-refractivity contribution in [3.05, 3.63) is 59.7 Å². The minimum atomic E-state index is -0.501. The topological polar surface area (TPSA) is 105 Å². The predicted octanol–water partition coefficient (Wildman–Crippen LogP) is 3.05. The van der Waals surface area contributed by atoms with Gasteiger partial charge in [0.15, 0.2) is 5.82 Å². The summed E-state index contributed by atoms with van der Waals surface area (Å²) >= 11 is 0. The van der Waals surface area contributed by atoms with Crippen molar-refractivity contribution in [2.45, 2.75) is 38.5 Å². The van der Waals surface area contributed by atoms with Gasteiger partial charge in [0, 0.05) is 17.8 Å². The van der Waals surface area contributed by atoms with Gasteiger partial charge >= 0.3 is 6.03 Å². The van der Waals surface area contributed by atoms with Gasteiger partial charge in [0.1, 0.15) is 0 Å². The quantitative estimate of drug-likeness (QED) is 0.611. The molecule has 8 heteroatoms. The number of nitrogens with zero attached hydrogens (tertiary/aromatic N) is 4. The van der Waals surface area contributed by atoms with Crippen LogP contribution < -0.4 is 10.6 Å². The predicted molar refractivity (Wildman–Crippen MR) is 104 cm³/mol. The average molecular weight is 378 g/mol. The van der Waals surface area contributed by atoms with Gasteiger partial charge in [-0.15, -0.1) is 5.10 Å². The fourth-order valence-electron chi connectivity index (χ4n) is 2.96. The van der Waals surface area contributed by atoms with Crippen molar-refractivity contribution in [3.63, 3.8) is 0 Å². The Morgan fingerprint density at radius 1 is 1.25 bits per heavy atom. The molecule has 0 bridgehead atoms. The van der Waals surface area contributed by atoms with Crippen molar-refractivity contribution in [1.82, 2.24) is 25.5 Å². The second-order valence-electron chi connectivity index (χ2n) is 6.98. The van der Waals surface area contributed by atoms with E-state index in [0.29, 0.717) is 24.1 Å². The lowest BCUT2D eigenvalue weighted by Crippen LogP contribution is -2.28. The smallest absolute Gasteiger partial charge is 0.319 e. The number of amides is 2. The number of nitrogens with one attached hydrogen (secondary N) is 2. The van der Waals surface area contributed by atoms with Gasteiger partial charge in [-0.25, -0.2) is 9.48 Å². The molecule has 1 aromatic heterocycles. The number of anilines is 1. The maximum absolute atomic E-state index is 12.2. The zero-order chi connectivity index (χ0) is 19.5. The average Bonchev–Trinajstić information content (AvgIpc) is 3.43. The molecule has 2 aromatic carbocycles. The van der Waals surface area contributed by atoms with Gasteiger partial charge in [-0.1, -0.05) is 36.4 Å². The number of tetrazole rings is 1. The fourth-order valence-corrected chi connectivity index (χ4v) is 2.96. The van der Waals surface area contributed by atoms with Crippen molar-refractivity contribution >= 4 is 11.7 Å². The molecular weight excluding hydrogens is 356 g/mol. The summed E-state index contributed by atoms with van der Waals surface area (Å²) in [5.74, 6) is 0.713. The molecule has 1 saturated carbocycles. The van der Waals surface area contributed by atoms with Crippen LogP contribution in [0.4, 0.5) is 10.5 Å². The van der Waals surface area contributed by atoms with Gasteiger partial charge in [0.05, 0.1) is 12.1 Å². The molecule has 28 heavy (non-hydrogen) atoms. The number of aliphatic hydroxyl groups is 1. The first-order valence-electron chi connectivity index (χ1n) is 9.30. The summed E-state index contributed by atoms with van der Waals surface area (Å²) in [6.07, 6.45) is 1.69. The lowest BCUT2D eigenvalue weighted by Gasteiger charge is -2.10. The monoisotopic (exact) mass is 378 g/mol. The molecular formula is C20H22N6O2. The molecule has 144 valence electrons. The van der Waals surface area contributed by atoms with E-state index < -0.39 is 6.10 Å². The lowest BCUT2D eigenvalue weighted by atomic mass is 10.1. The van der Waals surface area contributed by atoms with E-state index in [-0.39, 0.29) is 6.03 Å². The molecule has 1 heterocycles. The fraction of sp³-hybridized carbons (Fsp3) is 0.300. The summed E-state index contributed by atoms with van der Waals surface area (Å²) in [4.78, 5) is 12.2. The van der Waals surface area contributed by atoms with E-state index in [2.05, 4.69) is 26.2 Å². The van der Waals surface area contributed by atoms with Crippen LogP contribution in [-0.4, -0.2) is 31.3 Å². The van der Waals surface area contributed by atoms with Crippen molar-refractivity contribution in [3.8, 4) is 11.4 Å². The number of carbonyl (C=O) groups excluding carboxylic acids is 1. The molecule has 8 nitrogen and oxygen atoms in total. The molecule has 0 saturated heterocycles. The third-order valence-electron chi connectivity index (χ3n) is 4.68. The Morgan fingerprint density at radius 2 is 2.04 bits per heavy atom. The first kappa shape index (κ1) is 18.1. The molecule has 1 aliphatic rings. The summed E-state index contributed by atoms with van der Waals surface area (Å²) in [5, 5.41) is 27.2. The number of benzene rings is 2. The van der Waals surface area contributed by atoms with Crippen LogP contribution in [0.15, 0.2) is 48.5 Å². The third kappa shape index (κ3) is 4.17. The highest BCUT2D eigenvalue weighted by atomic mass is 16.3. The standard InChI is InChI=1S/C20H22N6O2/c1-13(27)15-7-5-14(6-8-15)12-21-20(28)22-17-4-2-3-16(11-17)19-23-24-25-26(19)18-9-10-18/h2-8,11,13,18,27H,9-10,12H2,1H3,(H2,21,22,28). The van der Waals surface area contributed by atoms with Crippen molar-refractivity contribution < 1.29 is 9.90 Å². The zero-order valence-electron chi connectivity index (χ0n) is 15.5. The van der Waals surface area contributed by atoms with Crippen LogP contribution in [0, 0.1) is 0 Å². The van der Waals surface area contributed by atoms with Crippen LogP contribution in [-0.2, 0) is 6.54 Å². The maximum Gasteiger partial charge on any atom is 0.319 e. The van der Waals surface area contributed by atoms with Gasteiger partial charge in [-0.05, 0) is 53.5 Å². The molecule has 0 aliphatic heterocycles. The summed E-state index contributed by atoms with van der Waals surface area (Å²) in [6.45, 7) is 2.11. The molecule has 4 rings (SSSR count). The van der Waals surface area contributed by atoms with E-state index in [1.54, 1.807) is 6.92 Å². The molecule has 3 N–H and O–H groups in total. The maximum atomic E-state index is 12.2. The van der Waals surface area contributed by atoms with Crippen LogP contribution in [0.25, 0.3) is 11.4 Å². The summed E-state index contributed by atoms with van der Waals surface area (Å²) < 4.78 is 1.84. The molecule has 1 atom stereocenters. The molecule has 1 fully saturated rings. The minimum Gasteiger partial charge on any atom is -0.389 e. The number of aromatic nitrogens is 4. The normalized spacial score (nSPS) is 14.5. The minimum absolute atomic E-state index is 0.293. The number of hydrogen-bond acceptors (Lipinski definition) is 5. The summed E-state index contributed by atoms with van der Waals surface area (Å²) in [6, 6.07) is 15.1. The number of hydrogen-bond donors (Lipinski definition) is 3. The van der Waals surface area contributed by atoms with Crippen LogP contribution in [0.3, 0.4) is 0 Å². The van der Waals surface area contributed by atoms with Crippen molar-refractivity contribution in [1.29, 1.82) is 0 Å². The van der Waals surface area contributed by atoms with E-state index in [1.807, 2.05) is 53.2 Å². The zero-order valence-corrected chi connectivity index (χ0v) is 15.5. The molecule has 0 radical (unpaired) electrons. The van der Waals surface area contributed by atoms with Crippen molar-refractivity contribution in [2.75, 3.05) is 5.32 Å². The molecule has 2 amide bonds. The number of aliphatic hydroxyl groups excluding tert-OH is 1. The number of urea groups is 1. The van der Waals surface area contributed by atoms with Crippen LogP contribution >= 0.6 is 0 Å². The van der Waals surface area contributed by atoms with E-state index in [9.17, 15) is 9.90 Å². The first-order chi connectivity index (χ1) is 13.6. The summed E-state index contributed by atoms with van der Waals surface area (Å²) in [7, 11) is 0. The van der Waals surface area contributed by atoms with Crippen LogP contribution in [0.1, 0.15) is 43.0 Å². The Kier molecular flexibility index (Phi) is 5.03. The van der Waals surface area contributed by atoms with Gasteiger partial charge in [0.25, 0.3) is 0 Å². The van der Waals surface area contributed by atoms with Crippen LogP contribution in [0.5, 0.6) is 0 Å². The van der Waals surface area contributed by atoms with Gasteiger partial charge in [-0.3, -0.25) is 0 Å². The van der Waals surface area contributed by atoms with Gasteiger partial charge < -0.3 is 15.7 Å². The Bertz CT molecular complexity index is 963. The lowest BCUT2D eigenvalue weighted by molar-refractivity contribution is 0.199. The second-order valence-corrected chi connectivity index (χ2v) is 6.98. The van der Waals surface area contributed by atoms with E-state index >= 15 is 0 Å². The second kappa shape index (κ2) is 7.77. The highest BCUT2D eigenvalue weighted by Gasteiger charge is 2.28. The Morgan fingerprint density at radius 3 is 2.75 bits per heavy atom. The van der Waals surface area contributed by atoms with E-state index in [0.717, 1.165) is 29.5 Å². The Labute approximate surface area is 162 Å². The van der Waals surface area contributed by atoms with E-state index in [4.69, 9.17) is 0 Å². The SMILES string of the molecule is CC(O)c1ccc(CNC(=O)Nc2cccc(-c3nnnn3C3CC3)c2)cc1. The van der Waals surface area contributed by atoms with Gasteiger partial charge in [0.2, 0.25) is 0 Å². The first-order valence-corrected chi connectivity index (χ1v) is 9.30. The van der Waals surface area contributed by atoms with Crippen molar-refractivity contribution in [2.24, 2.45) is 0 Å². The number of rotatable bonds is 6. The number of carbonyl (C=O) groups is 1. The Balaban J connectivity index is 1.37. The summed E-state index contributed by atoms with van der Waals surface area (Å²) in [5.41, 5.74) is 3.34. The van der Waals surface area contributed by atoms with Gasteiger partial charge in [-0.2, -0.15) is 0 Å². The molecule has 1 aliphatic carbocycles. The highest BCUT2D eigenvalue weighted by Crippen LogP contribution is 2.36. The molecule has 3 aromatic rings. The van der Waals surface area contributed by atoms with E-state index in [1.165, 1.54) is 0 Å². The molecule has 1 unspecified atom stereocenters. The van der Waals surface area contributed by atoms with Crippen LogP contribution in [0.2, 0.25) is 0 Å². The largest absolute Gasteiger partial charge is 0.389 e. The third-order valence-corrected chi connectivity index (χ3v) is 4.68.